The molecule has 0 radical (unpaired) electrons. The first-order valence-electron chi connectivity index (χ1n) is 14.5. The van der Waals surface area contributed by atoms with Crippen LogP contribution in [0, 0.1) is 0 Å². The minimum Gasteiger partial charge on any atom is -0.494 e. The van der Waals surface area contributed by atoms with Gasteiger partial charge in [0.25, 0.3) is 0 Å². The predicted molar refractivity (Wildman–Crippen MR) is 170 cm³/mol. The SMILES string of the molecule is C=C(C)C(=O)OCCCCOc1ccc(C(=O)Oc2ccc(OC(=O)c3ccc(OC(=O)NCCOC(=O)C(=C)C)cc3)cc2)cc1. The lowest BCUT2D eigenvalue weighted by molar-refractivity contribution is -0.139. The monoisotopic (exact) mass is 645 g/mol. The van der Waals surface area contributed by atoms with Crippen LogP contribution in [0.5, 0.6) is 23.0 Å². The van der Waals surface area contributed by atoms with Crippen molar-refractivity contribution in [2.24, 2.45) is 0 Å². The van der Waals surface area contributed by atoms with E-state index in [0.29, 0.717) is 36.3 Å². The summed E-state index contributed by atoms with van der Waals surface area (Å²) in [6.45, 7) is 10.8. The van der Waals surface area contributed by atoms with Gasteiger partial charge in [0.1, 0.15) is 29.6 Å². The summed E-state index contributed by atoms with van der Waals surface area (Å²) in [4.78, 5) is 59.7. The lowest BCUT2D eigenvalue weighted by Crippen LogP contribution is -2.30. The Morgan fingerprint density at radius 3 is 1.45 bits per heavy atom. The zero-order valence-electron chi connectivity index (χ0n) is 26.1. The van der Waals surface area contributed by atoms with Gasteiger partial charge < -0.3 is 33.7 Å². The molecule has 12 nitrogen and oxygen atoms in total. The number of hydrogen-bond acceptors (Lipinski definition) is 11. The summed E-state index contributed by atoms with van der Waals surface area (Å²) < 4.78 is 31.4. The smallest absolute Gasteiger partial charge is 0.412 e. The molecule has 246 valence electrons. The molecule has 47 heavy (non-hydrogen) atoms. The van der Waals surface area contributed by atoms with E-state index in [1.807, 2.05) is 0 Å². The van der Waals surface area contributed by atoms with E-state index in [4.69, 9.17) is 28.4 Å². The highest BCUT2D eigenvalue weighted by Crippen LogP contribution is 2.21. The standard InChI is InChI=1S/C35H35NO11/c1-23(2)31(37)43-21-6-5-20-42-27-11-7-25(8-12-27)33(39)45-28-15-17-29(18-16-28)46-34(40)26-9-13-30(14-10-26)47-35(41)36-19-22-44-32(38)24(3)4/h7-18H,1,3,5-6,19-22H2,2,4H3,(H,36,41). The van der Waals surface area contributed by atoms with Crippen LogP contribution in [0.25, 0.3) is 0 Å². The average molecular weight is 646 g/mol. The van der Waals surface area contributed by atoms with Crippen LogP contribution in [0.4, 0.5) is 4.79 Å². The molecule has 0 heterocycles. The van der Waals surface area contributed by atoms with Gasteiger partial charge >= 0.3 is 30.0 Å². The van der Waals surface area contributed by atoms with Crippen LogP contribution in [0.1, 0.15) is 47.4 Å². The molecule has 0 aliphatic heterocycles. The van der Waals surface area contributed by atoms with E-state index in [1.165, 1.54) is 55.5 Å². The molecule has 0 spiro atoms. The molecule has 1 amide bonds. The Balaban J connectivity index is 1.38. The summed E-state index contributed by atoms with van der Waals surface area (Å²) >= 11 is 0. The maximum Gasteiger partial charge on any atom is 0.412 e. The number of rotatable bonds is 16. The number of amides is 1. The Morgan fingerprint density at radius 2 is 0.957 bits per heavy atom. The Kier molecular flexibility index (Phi) is 13.7. The Morgan fingerprint density at radius 1 is 0.553 bits per heavy atom. The van der Waals surface area contributed by atoms with Gasteiger partial charge in [0.15, 0.2) is 0 Å². The van der Waals surface area contributed by atoms with E-state index in [0.717, 1.165) is 0 Å². The van der Waals surface area contributed by atoms with Crippen molar-refractivity contribution in [3.8, 4) is 23.0 Å². The molecule has 3 aromatic carbocycles. The third-order valence-electron chi connectivity index (χ3n) is 5.98. The summed E-state index contributed by atoms with van der Waals surface area (Å²) in [5.41, 5.74) is 1.13. The quantitative estimate of drug-likeness (QED) is 0.0895. The molecule has 0 bridgehead atoms. The van der Waals surface area contributed by atoms with Gasteiger partial charge in [-0.1, -0.05) is 13.2 Å². The van der Waals surface area contributed by atoms with Gasteiger partial charge in [-0.15, -0.1) is 0 Å². The van der Waals surface area contributed by atoms with Crippen molar-refractivity contribution in [3.63, 3.8) is 0 Å². The first-order valence-corrected chi connectivity index (χ1v) is 14.5. The van der Waals surface area contributed by atoms with E-state index in [2.05, 4.69) is 18.5 Å². The van der Waals surface area contributed by atoms with Crippen molar-refractivity contribution in [2.45, 2.75) is 26.7 Å². The number of benzene rings is 3. The summed E-state index contributed by atoms with van der Waals surface area (Å²) in [7, 11) is 0. The molecule has 1 N–H and O–H groups in total. The molecule has 0 atom stereocenters. The minimum absolute atomic E-state index is 0.0411. The van der Waals surface area contributed by atoms with Gasteiger partial charge in [-0.2, -0.15) is 0 Å². The van der Waals surface area contributed by atoms with Gasteiger partial charge in [0.2, 0.25) is 0 Å². The van der Waals surface area contributed by atoms with Gasteiger partial charge in [-0.05, 0) is 99.5 Å². The predicted octanol–water partition coefficient (Wildman–Crippen LogP) is 5.61. The number of unbranched alkanes of at least 4 members (excludes halogenated alkanes) is 1. The van der Waals surface area contributed by atoms with Gasteiger partial charge in [-0.25, -0.2) is 24.0 Å². The van der Waals surface area contributed by atoms with E-state index in [9.17, 15) is 24.0 Å². The van der Waals surface area contributed by atoms with E-state index in [-0.39, 0.29) is 48.1 Å². The molecule has 3 aromatic rings. The van der Waals surface area contributed by atoms with Crippen molar-refractivity contribution in [3.05, 3.63) is 108 Å². The molecule has 0 fully saturated rings. The minimum atomic E-state index is -0.762. The average Bonchev–Trinajstić information content (AvgIpc) is 3.05. The second-order valence-electron chi connectivity index (χ2n) is 10.0. The van der Waals surface area contributed by atoms with Gasteiger partial charge in [0, 0.05) is 11.1 Å². The lowest BCUT2D eigenvalue weighted by Gasteiger charge is -2.09. The lowest BCUT2D eigenvalue weighted by atomic mass is 10.2. The Bertz CT molecular complexity index is 1580. The van der Waals surface area contributed by atoms with Crippen molar-refractivity contribution in [1.82, 2.24) is 5.32 Å². The molecular weight excluding hydrogens is 610 g/mol. The van der Waals surface area contributed by atoms with Gasteiger partial charge in [0.05, 0.1) is 30.9 Å². The fraction of sp³-hybridized carbons (Fsp3) is 0.229. The molecular formula is C35H35NO11. The van der Waals surface area contributed by atoms with Crippen LogP contribution < -0.4 is 24.3 Å². The Hall–Kier alpha value is -5.91. The maximum absolute atomic E-state index is 12.6. The largest absolute Gasteiger partial charge is 0.494 e. The first kappa shape index (κ1) is 35.6. The summed E-state index contributed by atoms with van der Waals surface area (Å²) in [6.07, 6.45) is 0.564. The fourth-order valence-electron chi connectivity index (χ4n) is 3.50. The number of esters is 4. The van der Waals surface area contributed by atoms with Crippen molar-refractivity contribution >= 4 is 30.0 Å². The normalized spacial score (nSPS) is 10.2. The summed E-state index contributed by atoms with van der Waals surface area (Å²) in [6, 6.07) is 18.1. The van der Waals surface area contributed by atoms with Crippen molar-refractivity contribution < 1.29 is 52.4 Å². The fourth-order valence-corrected chi connectivity index (χ4v) is 3.50. The van der Waals surface area contributed by atoms with Crippen LogP contribution in [0.3, 0.4) is 0 Å². The van der Waals surface area contributed by atoms with Crippen LogP contribution in [-0.4, -0.2) is 56.3 Å². The number of carbonyl (C=O) groups is 5. The molecule has 0 saturated heterocycles. The third-order valence-corrected chi connectivity index (χ3v) is 5.98. The maximum atomic E-state index is 12.6. The number of nitrogens with one attached hydrogen (secondary N) is 1. The van der Waals surface area contributed by atoms with E-state index < -0.39 is 30.0 Å². The summed E-state index contributed by atoms with van der Waals surface area (Å²) in [5.74, 6) is -0.978. The van der Waals surface area contributed by atoms with Crippen LogP contribution in [0.15, 0.2) is 97.1 Å². The second-order valence-corrected chi connectivity index (χ2v) is 10.0. The molecule has 0 saturated carbocycles. The number of hydrogen-bond donors (Lipinski definition) is 1. The molecule has 0 unspecified atom stereocenters. The number of carbonyl (C=O) groups excluding carboxylic acids is 5. The zero-order chi connectivity index (χ0) is 34.2. The van der Waals surface area contributed by atoms with E-state index >= 15 is 0 Å². The second kappa shape index (κ2) is 18.2. The van der Waals surface area contributed by atoms with Crippen LogP contribution >= 0.6 is 0 Å². The first-order chi connectivity index (χ1) is 22.5. The van der Waals surface area contributed by atoms with Crippen molar-refractivity contribution in [2.75, 3.05) is 26.4 Å². The number of ether oxygens (including phenoxy) is 6. The van der Waals surface area contributed by atoms with E-state index in [1.54, 1.807) is 31.2 Å². The molecule has 12 heteroatoms. The zero-order valence-corrected chi connectivity index (χ0v) is 26.1. The third kappa shape index (κ3) is 12.5. The molecule has 3 rings (SSSR count). The molecule has 0 aliphatic carbocycles. The van der Waals surface area contributed by atoms with Crippen molar-refractivity contribution in [1.29, 1.82) is 0 Å². The Labute approximate surface area is 271 Å². The van der Waals surface area contributed by atoms with Gasteiger partial charge in [-0.3, -0.25) is 0 Å². The summed E-state index contributed by atoms with van der Waals surface area (Å²) in [5, 5.41) is 2.43. The highest BCUT2D eigenvalue weighted by Gasteiger charge is 2.13. The molecule has 0 aliphatic rings. The highest BCUT2D eigenvalue weighted by molar-refractivity contribution is 5.92. The van der Waals surface area contributed by atoms with Crippen LogP contribution in [0.2, 0.25) is 0 Å². The molecule has 0 aromatic heterocycles. The topological polar surface area (TPSA) is 153 Å². The highest BCUT2D eigenvalue weighted by atomic mass is 16.6. The van der Waals surface area contributed by atoms with Crippen LogP contribution in [-0.2, 0) is 19.1 Å².